The molecule has 176 valence electrons. The van der Waals surface area contributed by atoms with Crippen molar-refractivity contribution in [1.29, 1.82) is 0 Å². The van der Waals surface area contributed by atoms with Crippen molar-refractivity contribution < 1.29 is 17.9 Å². The van der Waals surface area contributed by atoms with E-state index in [9.17, 15) is 13.2 Å². The molecule has 1 heterocycles. The Morgan fingerprint density at radius 1 is 1.00 bits per heavy atom. The van der Waals surface area contributed by atoms with Crippen LogP contribution in [0.15, 0.2) is 70.0 Å². The molecule has 0 unspecified atom stereocenters. The molecule has 4 rings (SSSR count). The van der Waals surface area contributed by atoms with Gasteiger partial charge in [-0.1, -0.05) is 32.0 Å². The second kappa shape index (κ2) is 9.65. The second-order valence-corrected chi connectivity index (χ2v) is 10.3. The summed E-state index contributed by atoms with van der Waals surface area (Å²) in [6, 6.07) is 17.1. The highest BCUT2D eigenvalue weighted by atomic mass is 79.9. The summed E-state index contributed by atoms with van der Waals surface area (Å²) in [5.74, 6) is -0.433. The van der Waals surface area contributed by atoms with Gasteiger partial charge in [-0.05, 0) is 70.9 Å². The molecule has 8 nitrogen and oxygen atoms in total. The van der Waals surface area contributed by atoms with Crippen LogP contribution >= 0.6 is 15.9 Å². The van der Waals surface area contributed by atoms with E-state index in [0.29, 0.717) is 34.3 Å². The van der Waals surface area contributed by atoms with Crippen molar-refractivity contribution in [2.75, 3.05) is 13.1 Å². The van der Waals surface area contributed by atoms with Crippen LogP contribution in [0.4, 0.5) is 0 Å². The molecule has 0 aliphatic heterocycles. The molecule has 0 atom stereocenters. The van der Waals surface area contributed by atoms with Gasteiger partial charge in [0.2, 0.25) is 10.0 Å². The molecule has 0 radical (unpaired) electrons. The van der Waals surface area contributed by atoms with Crippen molar-refractivity contribution in [1.82, 2.24) is 19.3 Å². The summed E-state index contributed by atoms with van der Waals surface area (Å²) in [5, 5.41) is 8.97. The third-order valence-corrected chi connectivity index (χ3v) is 8.35. The molecule has 0 saturated carbocycles. The number of sulfonamides is 1. The Hall–Kier alpha value is -3.08. The Morgan fingerprint density at radius 3 is 2.26 bits per heavy atom. The van der Waals surface area contributed by atoms with Crippen LogP contribution in [-0.2, 0) is 10.0 Å². The normalized spacial score (nSPS) is 11.8. The van der Waals surface area contributed by atoms with Crippen molar-refractivity contribution >= 4 is 43.0 Å². The van der Waals surface area contributed by atoms with Gasteiger partial charge in [0.25, 0.3) is 0 Å². The summed E-state index contributed by atoms with van der Waals surface area (Å²) >= 11 is 3.30. The van der Waals surface area contributed by atoms with Gasteiger partial charge in [-0.3, -0.25) is 0 Å². The van der Waals surface area contributed by atoms with Crippen LogP contribution in [0.1, 0.15) is 29.8 Å². The van der Waals surface area contributed by atoms with Crippen LogP contribution in [0.25, 0.3) is 16.7 Å². The topological polar surface area (TPSA) is 94.4 Å². The molecule has 34 heavy (non-hydrogen) atoms. The van der Waals surface area contributed by atoms with E-state index >= 15 is 0 Å². The first-order valence-electron chi connectivity index (χ1n) is 10.7. The average Bonchev–Trinajstić information content (AvgIpc) is 3.25. The summed E-state index contributed by atoms with van der Waals surface area (Å²) in [4.78, 5) is 14.5. The molecular weight excluding hydrogens is 520 g/mol. The molecule has 0 amide bonds. The first kappa shape index (κ1) is 24.1. The van der Waals surface area contributed by atoms with E-state index in [0.717, 1.165) is 5.56 Å². The number of hydrogen-bond donors (Lipinski definition) is 0. The zero-order valence-electron chi connectivity index (χ0n) is 18.9. The number of benzene rings is 3. The van der Waals surface area contributed by atoms with Gasteiger partial charge in [-0.15, -0.1) is 15.0 Å². The minimum absolute atomic E-state index is 0.00905. The lowest BCUT2D eigenvalue weighted by molar-refractivity contribution is 0.0734. The van der Waals surface area contributed by atoms with Crippen molar-refractivity contribution in [3.8, 4) is 11.4 Å². The van der Waals surface area contributed by atoms with E-state index in [2.05, 4.69) is 26.1 Å². The maximum atomic E-state index is 13.1. The predicted molar refractivity (Wildman–Crippen MR) is 133 cm³/mol. The Balaban J connectivity index is 1.70. The summed E-state index contributed by atoms with van der Waals surface area (Å²) in [5.41, 5.74) is 2.96. The van der Waals surface area contributed by atoms with Gasteiger partial charge in [-0.2, -0.15) is 4.31 Å². The summed E-state index contributed by atoms with van der Waals surface area (Å²) in [6.45, 7) is 6.07. The maximum Gasteiger partial charge on any atom is 0.343 e. The van der Waals surface area contributed by atoms with Crippen molar-refractivity contribution in [2.45, 2.75) is 25.7 Å². The number of fused-ring (bicyclic) bond motifs is 1. The van der Waals surface area contributed by atoms with E-state index in [1.54, 1.807) is 19.9 Å². The van der Waals surface area contributed by atoms with Crippen LogP contribution in [0.2, 0.25) is 0 Å². The van der Waals surface area contributed by atoms with Gasteiger partial charge in [0, 0.05) is 17.6 Å². The molecule has 0 aliphatic carbocycles. The highest BCUT2D eigenvalue weighted by Crippen LogP contribution is 2.29. The third kappa shape index (κ3) is 4.61. The molecule has 0 aliphatic rings. The lowest BCUT2D eigenvalue weighted by Gasteiger charge is -2.19. The van der Waals surface area contributed by atoms with E-state index in [4.69, 9.17) is 4.74 Å². The molecule has 4 aromatic rings. The first-order valence-corrected chi connectivity index (χ1v) is 12.9. The number of aryl methyl sites for hydroxylation is 1. The monoisotopic (exact) mass is 542 g/mol. The Labute approximate surface area is 206 Å². The minimum atomic E-state index is -3.78. The van der Waals surface area contributed by atoms with E-state index in [-0.39, 0.29) is 16.2 Å². The number of ether oxygens (including phenoxy) is 1. The molecule has 0 saturated heterocycles. The van der Waals surface area contributed by atoms with Gasteiger partial charge in [-0.25, -0.2) is 13.2 Å². The largest absolute Gasteiger partial charge is 0.421 e. The van der Waals surface area contributed by atoms with E-state index < -0.39 is 16.0 Å². The highest BCUT2D eigenvalue weighted by Gasteiger charge is 2.26. The number of rotatable bonds is 7. The van der Waals surface area contributed by atoms with Gasteiger partial charge in [0.05, 0.1) is 10.5 Å². The number of aromatic nitrogens is 3. The highest BCUT2D eigenvalue weighted by molar-refractivity contribution is 9.10. The Morgan fingerprint density at radius 2 is 1.65 bits per heavy atom. The zero-order valence-corrected chi connectivity index (χ0v) is 21.3. The number of esters is 1. The van der Waals surface area contributed by atoms with Crippen LogP contribution in [-0.4, -0.2) is 46.8 Å². The third-order valence-electron chi connectivity index (χ3n) is 5.31. The van der Waals surface area contributed by atoms with Crippen LogP contribution < -0.4 is 4.74 Å². The fraction of sp³-hybridized carbons (Fsp3) is 0.208. The molecule has 0 N–H and O–H groups in total. The lowest BCUT2D eigenvalue weighted by Crippen LogP contribution is -2.31. The van der Waals surface area contributed by atoms with Gasteiger partial charge >= 0.3 is 5.97 Å². The molecule has 3 aromatic carbocycles. The van der Waals surface area contributed by atoms with Crippen LogP contribution in [0, 0.1) is 6.92 Å². The first-order chi connectivity index (χ1) is 16.2. The smallest absolute Gasteiger partial charge is 0.343 e. The number of carbonyl (C=O) groups is 1. The Kier molecular flexibility index (Phi) is 6.83. The predicted octanol–water partition coefficient (Wildman–Crippen LogP) is 4.74. The Bertz CT molecular complexity index is 1450. The molecule has 1 aromatic heterocycles. The standard InChI is InChI=1S/C24H23BrN4O4S/c1-4-28(5-2)34(31,32)23-15-17(11-12-18(23)25)24(30)33-22-13-10-16(3)14-21(22)29-26-19-8-6-7-9-20(19)27-29/h6-15H,4-5H2,1-3H3. The molecule has 0 bridgehead atoms. The SMILES string of the molecule is CCN(CC)S(=O)(=O)c1cc(C(=O)Oc2ccc(C)cc2-n2nc3ccccc3n2)ccc1Br. The van der Waals surface area contributed by atoms with Crippen molar-refractivity contribution in [3.63, 3.8) is 0 Å². The lowest BCUT2D eigenvalue weighted by atomic mass is 10.2. The van der Waals surface area contributed by atoms with Gasteiger partial charge < -0.3 is 4.74 Å². The molecular formula is C24H23BrN4O4S. The van der Waals surface area contributed by atoms with Crippen molar-refractivity contribution in [2.24, 2.45) is 0 Å². The number of carbonyl (C=O) groups excluding carboxylic acids is 1. The van der Waals surface area contributed by atoms with E-state index in [1.165, 1.54) is 27.3 Å². The molecule has 0 fully saturated rings. The van der Waals surface area contributed by atoms with Crippen LogP contribution in [0.5, 0.6) is 5.75 Å². The summed E-state index contributed by atoms with van der Waals surface area (Å²) in [7, 11) is -3.78. The number of halogens is 1. The fourth-order valence-corrected chi connectivity index (χ4v) is 5.94. The summed E-state index contributed by atoms with van der Waals surface area (Å²) in [6.07, 6.45) is 0. The fourth-order valence-electron chi connectivity index (χ4n) is 3.53. The average molecular weight is 543 g/mol. The molecule has 0 spiro atoms. The second-order valence-electron chi connectivity index (χ2n) is 7.57. The van der Waals surface area contributed by atoms with Crippen molar-refractivity contribution in [3.05, 3.63) is 76.3 Å². The van der Waals surface area contributed by atoms with Gasteiger partial charge in [0.15, 0.2) is 5.75 Å². The van der Waals surface area contributed by atoms with E-state index in [1.807, 2.05) is 43.3 Å². The summed E-state index contributed by atoms with van der Waals surface area (Å²) < 4.78 is 33.5. The zero-order chi connectivity index (χ0) is 24.5. The van der Waals surface area contributed by atoms with Gasteiger partial charge in [0.1, 0.15) is 16.7 Å². The number of nitrogens with zero attached hydrogens (tertiary/aromatic N) is 4. The molecule has 10 heteroatoms. The minimum Gasteiger partial charge on any atom is -0.421 e. The maximum absolute atomic E-state index is 13.1. The number of hydrogen-bond acceptors (Lipinski definition) is 6. The quantitative estimate of drug-likeness (QED) is 0.247. The van der Waals surface area contributed by atoms with Crippen LogP contribution in [0.3, 0.4) is 0 Å².